The summed E-state index contributed by atoms with van der Waals surface area (Å²) in [6, 6.07) is 8.32. The highest BCUT2D eigenvalue weighted by Gasteiger charge is 2.43. The minimum atomic E-state index is -0.338. The third kappa shape index (κ3) is 2.05. The highest BCUT2D eigenvalue weighted by molar-refractivity contribution is 5.83. The van der Waals surface area contributed by atoms with Crippen LogP contribution in [0.4, 0.5) is 0 Å². The van der Waals surface area contributed by atoms with Crippen molar-refractivity contribution in [2.24, 2.45) is 10.8 Å². The molecule has 1 amide bonds. The third-order valence-electron chi connectivity index (χ3n) is 4.54. The molecule has 0 saturated heterocycles. The smallest absolute Gasteiger partial charge is 0.229 e. The fourth-order valence-electron chi connectivity index (χ4n) is 2.19. The number of nitrogens with zero attached hydrogens (tertiary/aromatic N) is 1. The quantitative estimate of drug-likeness (QED) is 0.740. The molecule has 0 aromatic heterocycles. The molecular formula is C16H23NO. The van der Waals surface area contributed by atoms with Gasteiger partial charge < -0.3 is 4.90 Å². The predicted molar refractivity (Wildman–Crippen MR) is 73.9 cm³/mol. The van der Waals surface area contributed by atoms with Crippen LogP contribution in [-0.4, -0.2) is 10.8 Å². The van der Waals surface area contributed by atoms with Crippen molar-refractivity contribution in [3.63, 3.8) is 0 Å². The van der Waals surface area contributed by atoms with Crippen LogP contribution in [-0.2, 0) is 17.9 Å². The third-order valence-corrected chi connectivity index (χ3v) is 4.54. The maximum Gasteiger partial charge on any atom is 0.229 e. The highest BCUT2D eigenvalue weighted by Crippen LogP contribution is 2.41. The topological polar surface area (TPSA) is 20.3 Å². The molecule has 18 heavy (non-hydrogen) atoms. The summed E-state index contributed by atoms with van der Waals surface area (Å²) < 4.78 is 0. The molecule has 2 rings (SSSR count). The van der Waals surface area contributed by atoms with E-state index in [1.54, 1.807) is 0 Å². The molecule has 0 bridgehead atoms. The first-order chi connectivity index (χ1) is 8.23. The number of benzene rings is 1. The molecule has 2 nitrogen and oxygen atoms in total. The lowest BCUT2D eigenvalue weighted by Gasteiger charge is -2.39. The average Bonchev–Trinajstić information content (AvgIpc) is 2.69. The Morgan fingerprint density at radius 2 is 1.44 bits per heavy atom. The standard InChI is InChI=1S/C16H23NO/c1-15(2,3)16(4,5)14(18)17-10-12-8-6-7-9-13(12)11-17/h6-9H,10-11H2,1-5H3. The summed E-state index contributed by atoms with van der Waals surface area (Å²) >= 11 is 0. The molecule has 98 valence electrons. The van der Waals surface area contributed by atoms with Crippen LogP contribution in [0.3, 0.4) is 0 Å². The van der Waals surface area contributed by atoms with Gasteiger partial charge in [0, 0.05) is 18.5 Å². The van der Waals surface area contributed by atoms with Gasteiger partial charge in [-0.15, -0.1) is 0 Å². The molecule has 1 aromatic rings. The van der Waals surface area contributed by atoms with E-state index in [0.29, 0.717) is 0 Å². The molecule has 0 N–H and O–H groups in total. The fraction of sp³-hybridized carbons (Fsp3) is 0.562. The van der Waals surface area contributed by atoms with Crippen molar-refractivity contribution in [3.8, 4) is 0 Å². The van der Waals surface area contributed by atoms with Gasteiger partial charge in [-0.3, -0.25) is 4.79 Å². The summed E-state index contributed by atoms with van der Waals surface area (Å²) in [5.74, 6) is 0.256. The lowest BCUT2D eigenvalue weighted by atomic mass is 9.68. The Hall–Kier alpha value is -1.31. The molecule has 1 aliphatic heterocycles. The second-order valence-electron chi connectivity index (χ2n) is 6.80. The Kier molecular flexibility index (Phi) is 3.00. The SMILES string of the molecule is CC(C)(C)C(C)(C)C(=O)N1Cc2ccccc2C1. The van der Waals surface area contributed by atoms with E-state index < -0.39 is 0 Å². The van der Waals surface area contributed by atoms with E-state index in [1.807, 2.05) is 17.0 Å². The first-order valence-corrected chi connectivity index (χ1v) is 6.59. The zero-order valence-corrected chi connectivity index (χ0v) is 12.1. The molecule has 1 heterocycles. The summed E-state index contributed by atoms with van der Waals surface area (Å²) in [5.41, 5.74) is 2.21. The van der Waals surface area contributed by atoms with Gasteiger partial charge in [0.05, 0.1) is 0 Å². The molecular weight excluding hydrogens is 222 g/mol. The monoisotopic (exact) mass is 245 g/mol. The number of amides is 1. The van der Waals surface area contributed by atoms with E-state index in [0.717, 1.165) is 13.1 Å². The molecule has 0 spiro atoms. The molecule has 2 heteroatoms. The minimum absolute atomic E-state index is 0.0289. The normalized spacial score (nSPS) is 15.7. The number of carbonyl (C=O) groups excluding carboxylic acids is 1. The Balaban J connectivity index is 2.20. The first kappa shape index (κ1) is 13.1. The van der Waals surface area contributed by atoms with Gasteiger partial charge in [-0.2, -0.15) is 0 Å². The number of hydrogen-bond acceptors (Lipinski definition) is 1. The van der Waals surface area contributed by atoms with Crippen LogP contribution in [0.2, 0.25) is 0 Å². The van der Waals surface area contributed by atoms with Gasteiger partial charge in [0.1, 0.15) is 0 Å². The van der Waals surface area contributed by atoms with Gasteiger partial charge in [-0.1, -0.05) is 58.9 Å². The summed E-state index contributed by atoms with van der Waals surface area (Å²) in [6.07, 6.45) is 0. The van der Waals surface area contributed by atoms with Gasteiger partial charge in [0.15, 0.2) is 0 Å². The van der Waals surface area contributed by atoms with E-state index in [4.69, 9.17) is 0 Å². The largest absolute Gasteiger partial charge is 0.334 e. The summed E-state index contributed by atoms with van der Waals surface area (Å²) in [6.45, 7) is 12.0. The maximum atomic E-state index is 12.7. The summed E-state index contributed by atoms with van der Waals surface area (Å²) in [7, 11) is 0. The first-order valence-electron chi connectivity index (χ1n) is 6.59. The summed E-state index contributed by atoms with van der Waals surface area (Å²) in [4.78, 5) is 14.7. The van der Waals surface area contributed by atoms with Gasteiger partial charge in [-0.05, 0) is 16.5 Å². The zero-order valence-electron chi connectivity index (χ0n) is 12.1. The van der Waals surface area contributed by atoms with Crippen molar-refractivity contribution in [1.29, 1.82) is 0 Å². The molecule has 1 aromatic carbocycles. The molecule has 0 atom stereocenters. The fourth-order valence-corrected chi connectivity index (χ4v) is 2.19. The van der Waals surface area contributed by atoms with Gasteiger partial charge >= 0.3 is 0 Å². The zero-order chi connectivity index (χ0) is 13.6. The van der Waals surface area contributed by atoms with Crippen LogP contribution in [0.15, 0.2) is 24.3 Å². The lowest BCUT2D eigenvalue weighted by Crippen LogP contribution is -2.45. The summed E-state index contributed by atoms with van der Waals surface area (Å²) in [5, 5.41) is 0. The van der Waals surface area contributed by atoms with Gasteiger partial charge in [0.25, 0.3) is 0 Å². The molecule has 0 unspecified atom stereocenters. The van der Waals surface area contributed by atoms with Crippen LogP contribution < -0.4 is 0 Å². The van der Waals surface area contributed by atoms with E-state index in [1.165, 1.54) is 11.1 Å². The average molecular weight is 245 g/mol. The van der Waals surface area contributed by atoms with Crippen molar-refractivity contribution in [1.82, 2.24) is 4.90 Å². The van der Waals surface area contributed by atoms with Crippen molar-refractivity contribution in [3.05, 3.63) is 35.4 Å². The van der Waals surface area contributed by atoms with Crippen LogP contribution in [0.1, 0.15) is 45.7 Å². The van der Waals surface area contributed by atoms with E-state index in [9.17, 15) is 4.79 Å². The van der Waals surface area contributed by atoms with Crippen molar-refractivity contribution < 1.29 is 4.79 Å². The number of rotatable bonds is 1. The molecule has 0 aliphatic carbocycles. The molecule has 1 aliphatic rings. The second kappa shape index (κ2) is 4.11. The van der Waals surface area contributed by atoms with Gasteiger partial charge in [-0.25, -0.2) is 0 Å². The Labute approximate surface area is 110 Å². The Morgan fingerprint density at radius 1 is 1.00 bits per heavy atom. The predicted octanol–water partition coefficient (Wildman–Crippen LogP) is 3.60. The molecule has 0 fully saturated rings. The van der Waals surface area contributed by atoms with Crippen molar-refractivity contribution in [2.75, 3.05) is 0 Å². The van der Waals surface area contributed by atoms with Crippen molar-refractivity contribution >= 4 is 5.91 Å². The molecule has 0 radical (unpaired) electrons. The Morgan fingerprint density at radius 3 is 1.83 bits per heavy atom. The molecule has 0 saturated carbocycles. The van der Waals surface area contributed by atoms with E-state index in [-0.39, 0.29) is 16.7 Å². The van der Waals surface area contributed by atoms with Gasteiger partial charge in [0.2, 0.25) is 5.91 Å². The van der Waals surface area contributed by atoms with E-state index in [2.05, 4.69) is 46.8 Å². The second-order valence-corrected chi connectivity index (χ2v) is 6.80. The number of hydrogen-bond donors (Lipinski definition) is 0. The van der Waals surface area contributed by atoms with Crippen LogP contribution in [0, 0.1) is 10.8 Å². The van der Waals surface area contributed by atoms with E-state index >= 15 is 0 Å². The minimum Gasteiger partial charge on any atom is -0.334 e. The Bertz CT molecular complexity index is 443. The number of carbonyl (C=O) groups is 1. The van der Waals surface area contributed by atoms with Crippen LogP contribution in [0.5, 0.6) is 0 Å². The maximum absolute atomic E-state index is 12.7. The lowest BCUT2D eigenvalue weighted by molar-refractivity contribution is -0.146. The van der Waals surface area contributed by atoms with Crippen LogP contribution in [0.25, 0.3) is 0 Å². The number of fused-ring (bicyclic) bond motifs is 1. The van der Waals surface area contributed by atoms with Crippen LogP contribution >= 0.6 is 0 Å². The van der Waals surface area contributed by atoms with Crippen molar-refractivity contribution in [2.45, 2.75) is 47.7 Å². The highest BCUT2D eigenvalue weighted by atomic mass is 16.2.